The average Bonchev–Trinajstić information content (AvgIpc) is 3.43. The Labute approximate surface area is 179 Å². The molecule has 0 radical (unpaired) electrons. The summed E-state index contributed by atoms with van der Waals surface area (Å²) in [6.45, 7) is 2.27. The van der Waals surface area contributed by atoms with Crippen molar-refractivity contribution in [2.24, 2.45) is 0 Å². The minimum Gasteiger partial charge on any atom is -0.345 e. The molecule has 1 amide bonds. The molecule has 3 aromatic heterocycles. The summed E-state index contributed by atoms with van der Waals surface area (Å²) >= 11 is 0. The highest BCUT2D eigenvalue weighted by Gasteiger charge is 2.20. The van der Waals surface area contributed by atoms with E-state index in [2.05, 4.69) is 15.5 Å². The molecule has 7 nitrogen and oxygen atoms in total. The normalized spacial score (nSPS) is 11.0. The van der Waals surface area contributed by atoms with Crippen LogP contribution in [0.3, 0.4) is 0 Å². The van der Waals surface area contributed by atoms with Crippen LogP contribution in [0.4, 0.5) is 0 Å². The minimum atomic E-state index is -0.215. The summed E-state index contributed by atoms with van der Waals surface area (Å²) in [6, 6.07) is 23.4. The molecule has 2 aromatic carbocycles. The third-order valence-corrected chi connectivity index (χ3v) is 5.17. The molecule has 5 aromatic rings. The van der Waals surface area contributed by atoms with Gasteiger partial charge in [-0.3, -0.25) is 9.20 Å². The van der Waals surface area contributed by atoms with E-state index in [0.29, 0.717) is 17.1 Å². The van der Waals surface area contributed by atoms with Gasteiger partial charge in [-0.05, 0) is 36.8 Å². The average molecular weight is 408 g/mol. The van der Waals surface area contributed by atoms with Crippen LogP contribution in [0.2, 0.25) is 0 Å². The molecule has 0 unspecified atom stereocenters. The summed E-state index contributed by atoms with van der Waals surface area (Å²) in [4.78, 5) is 13.2. The number of aryl methyl sites for hydroxylation is 1. The third kappa shape index (κ3) is 3.57. The van der Waals surface area contributed by atoms with Crippen molar-refractivity contribution in [3.05, 3.63) is 102 Å². The Hall–Kier alpha value is -4.26. The van der Waals surface area contributed by atoms with Gasteiger partial charge in [0, 0.05) is 18.0 Å². The van der Waals surface area contributed by atoms with Crippen LogP contribution in [0.15, 0.2) is 85.2 Å². The van der Waals surface area contributed by atoms with Gasteiger partial charge in [-0.25, -0.2) is 4.68 Å². The molecule has 0 aliphatic rings. The summed E-state index contributed by atoms with van der Waals surface area (Å²) in [6.07, 6.45) is 3.65. The van der Waals surface area contributed by atoms with E-state index in [4.69, 9.17) is 5.10 Å². The molecule has 0 spiro atoms. The Morgan fingerprint density at radius 2 is 1.71 bits per heavy atom. The number of benzene rings is 2. The van der Waals surface area contributed by atoms with Crippen molar-refractivity contribution < 1.29 is 4.79 Å². The number of nitrogens with zero attached hydrogens (tertiary/aromatic N) is 5. The molecule has 1 N–H and O–H groups in total. The highest BCUT2D eigenvalue weighted by Crippen LogP contribution is 2.26. The smallest absolute Gasteiger partial charge is 0.255 e. The second kappa shape index (κ2) is 7.87. The first kappa shape index (κ1) is 18.7. The Morgan fingerprint density at radius 1 is 0.935 bits per heavy atom. The highest BCUT2D eigenvalue weighted by atomic mass is 16.1. The van der Waals surface area contributed by atoms with Gasteiger partial charge in [0.2, 0.25) is 0 Å². The van der Waals surface area contributed by atoms with Crippen LogP contribution >= 0.6 is 0 Å². The van der Waals surface area contributed by atoms with Crippen LogP contribution in [0.1, 0.15) is 21.7 Å². The topological polar surface area (TPSA) is 77.1 Å². The van der Waals surface area contributed by atoms with Gasteiger partial charge in [0.15, 0.2) is 11.5 Å². The fraction of sp³-hybridized carbons (Fsp3) is 0.0833. The maximum Gasteiger partial charge on any atom is 0.255 e. The molecule has 0 aliphatic carbocycles. The number of fused-ring (bicyclic) bond motifs is 1. The zero-order valence-electron chi connectivity index (χ0n) is 16.9. The van der Waals surface area contributed by atoms with Crippen LogP contribution in [0.5, 0.6) is 0 Å². The van der Waals surface area contributed by atoms with Crippen molar-refractivity contribution in [2.45, 2.75) is 13.5 Å². The van der Waals surface area contributed by atoms with Gasteiger partial charge in [-0.2, -0.15) is 5.10 Å². The molecule has 0 atom stereocenters. The second-order valence-electron chi connectivity index (χ2n) is 7.21. The number of carbonyl (C=O) groups excluding carboxylic acids is 1. The van der Waals surface area contributed by atoms with Gasteiger partial charge in [-0.1, -0.05) is 48.5 Å². The zero-order chi connectivity index (χ0) is 21.2. The summed E-state index contributed by atoms with van der Waals surface area (Å²) in [5, 5.41) is 16.0. The van der Waals surface area contributed by atoms with E-state index in [9.17, 15) is 4.79 Å². The Bertz CT molecular complexity index is 1370. The molecule has 0 fully saturated rings. The van der Waals surface area contributed by atoms with Gasteiger partial charge in [0.1, 0.15) is 5.69 Å². The monoisotopic (exact) mass is 408 g/mol. The summed E-state index contributed by atoms with van der Waals surface area (Å²) < 4.78 is 3.60. The fourth-order valence-corrected chi connectivity index (χ4v) is 3.56. The van der Waals surface area contributed by atoms with Gasteiger partial charge < -0.3 is 5.32 Å². The van der Waals surface area contributed by atoms with Gasteiger partial charge in [0.25, 0.3) is 5.91 Å². The molecule has 0 aliphatic heterocycles. The zero-order valence-corrected chi connectivity index (χ0v) is 16.9. The van der Waals surface area contributed by atoms with Crippen LogP contribution in [0.25, 0.3) is 22.6 Å². The first-order valence-corrected chi connectivity index (χ1v) is 9.98. The van der Waals surface area contributed by atoms with Crippen molar-refractivity contribution in [2.75, 3.05) is 0 Å². The molecule has 0 bridgehead atoms. The first-order chi connectivity index (χ1) is 15.2. The predicted molar refractivity (Wildman–Crippen MR) is 118 cm³/mol. The molecule has 0 saturated heterocycles. The van der Waals surface area contributed by atoms with Crippen LogP contribution < -0.4 is 5.32 Å². The molecule has 31 heavy (non-hydrogen) atoms. The third-order valence-electron chi connectivity index (χ3n) is 5.17. The van der Waals surface area contributed by atoms with E-state index in [1.165, 1.54) is 0 Å². The van der Waals surface area contributed by atoms with E-state index in [1.807, 2.05) is 90.3 Å². The SMILES string of the molecule is Cc1ccccc1-c1nn(-c2ccccc2)cc1C(=O)NCc1nnc2ccccn12. The second-order valence-corrected chi connectivity index (χ2v) is 7.21. The van der Waals surface area contributed by atoms with E-state index >= 15 is 0 Å². The summed E-state index contributed by atoms with van der Waals surface area (Å²) in [5.74, 6) is 0.449. The lowest BCUT2D eigenvalue weighted by Crippen LogP contribution is -2.24. The summed E-state index contributed by atoms with van der Waals surface area (Å²) in [7, 11) is 0. The lowest BCUT2D eigenvalue weighted by molar-refractivity contribution is 0.0950. The Balaban J connectivity index is 1.50. The fourth-order valence-electron chi connectivity index (χ4n) is 3.56. The molecule has 5 rings (SSSR count). The van der Waals surface area contributed by atoms with Crippen molar-refractivity contribution >= 4 is 11.6 Å². The standard InChI is InChI=1S/C24H20N6O/c1-17-9-5-6-12-19(17)23-20(16-30(28-23)18-10-3-2-4-11-18)24(31)25-15-22-27-26-21-13-7-8-14-29(21)22/h2-14,16H,15H2,1H3,(H,25,31). The van der Waals surface area contributed by atoms with Crippen LogP contribution in [0, 0.1) is 6.92 Å². The molecular formula is C24H20N6O. The largest absolute Gasteiger partial charge is 0.345 e. The molecule has 3 heterocycles. The number of nitrogens with one attached hydrogen (secondary N) is 1. The van der Waals surface area contributed by atoms with Gasteiger partial charge in [-0.15, -0.1) is 10.2 Å². The minimum absolute atomic E-state index is 0.215. The molecule has 152 valence electrons. The van der Waals surface area contributed by atoms with Crippen LogP contribution in [-0.4, -0.2) is 30.3 Å². The number of hydrogen-bond donors (Lipinski definition) is 1. The van der Waals surface area contributed by atoms with Crippen molar-refractivity contribution in [3.63, 3.8) is 0 Å². The quantitative estimate of drug-likeness (QED) is 0.480. The lowest BCUT2D eigenvalue weighted by atomic mass is 10.0. The lowest BCUT2D eigenvalue weighted by Gasteiger charge is -2.06. The van der Waals surface area contributed by atoms with E-state index in [1.54, 1.807) is 10.9 Å². The van der Waals surface area contributed by atoms with Crippen molar-refractivity contribution in [1.29, 1.82) is 0 Å². The van der Waals surface area contributed by atoms with Crippen LogP contribution in [-0.2, 0) is 6.54 Å². The van der Waals surface area contributed by atoms with E-state index in [0.717, 1.165) is 22.5 Å². The van der Waals surface area contributed by atoms with Crippen molar-refractivity contribution in [1.82, 2.24) is 29.7 Å². The highest BCUT2D eigenvalue weighted by molar-refractivity contribution is 6.00. The number of aromatic nitrogens is 5. The van der Waals surface area contributed by atoms with Gasteiger partial charge >= 0.3 is 0 Å². The Kier molecular flexibility index (Phi) is 4.76. The molecule has 0 saturated carbocycles. The number of amides is 1. The predicted octanol–water partition coefficient (Wildman–Crippen LogP) is 3.82. The number of rotatable bonds is 5. The molecule has 7 heteroatoms. The number of hydrogen-bond acceptors (Lipinski definition) is 4. The number of carbonyl (C=O) groups is 1. The first-order valence-electron chi connectivity index (χ1n) is 9.98. The maximum absolute atomic E-state index is 13.2. The number of pyridine rings is 1. The van der Waals surface area contributed by atoms with E-state index in [-0.39, 0.29) is 12.5 Å². The number of para-hydroxylation sites is 1. The maximum atomic E-state index is 13.2. The van der Waals surface area contributed by atoms with Gasteiger partial charge in [0.05, 0.1) is 17.8 Å². The van der Waals surface area contributed by atoms with Crippen molar-refractivity contribution in [3.8, 4) is 16.9 Å². The molecular weight excluding hydrogens is 388 g/mol. The van der Waals surface area contributed by atoms with E-state index < -0.39 is 0 Å². The Morgan fingerprint density at radius 3 is 2.55 bits per heavy atom. The summed E-state index contributed by atoms with van der Waals surface area (Å²) in [5.41, 5.74) is 4.76.